The Morgan fingerprint density at radius 2 is 2.06 bits per heavy atom. The first-order valence-electron chi connectivity index (χ1n) is 5.81. The van der Waals surface area contributed by atoms with Gasteiger partial charge in [-0.1, -0.05) is 12.8 Å². The lowest BCUT2D eigenvalue weighted by Crippen LogP contribution is -2.51. The first kappa shape index (κ1) is 13.7. The van der Waals surface area contributed by atoms with Crippen LogP contribution in [0.3, 0.4) is 0 Å². The Kier molecular flexibility index (Phi) is 5.02. The van der Waals surface area contributed by atoms with Crippen molar-refractivity contribution in [2.75, 3.05) is 19.7 Å². The minimum Gasteiger partial charge on any atom is -0.366 e. The topological polar surface area (TPSA) is 50.4 Å². The highest BCUT2D eigenvalue weighted by molar-refractivity contribution is 5.85. The van der Waals surface area contributed by atoms with Crippen LogP contribution in [0.25, 0.3) is 0 Å². The molecule has 94 valence electrons. The molecule has 2 fully saturated rings. The predicted molar refractivity (Wildman–Crippen MR) is 64.9 cm³/mol. The van der Waals surface area contributed by atoms with Crippen molar-refractivity contribution >= 4 is 18.3 Å². The van der Waals surface area contributed by atoms with Crippen molar-refractivity contribution < 1.29 is 9.53 Å². The summed E-state index contributed by atoms with van der Waals surface area (Å²) in [6.07, 6.45) is 4.90. The minimum absolute atomic E-state index is 0. The van der Waals surface area contributed by atoms with E-state index in [1.807, 2.05) is 0 Å². The highest BCUT2D eigenvalue weighted by Gasteiger charge is 2.30. The molecule has 1 aliphatic carbocycles. The van der Waals surface area contributed by atoms with Gasteiger partial charge in [0.15, 0.2) is 0 Å². The fourth-order valence-corrected chi connectivity index (χ4v) is 2.23. The molecule has 2 rings (SSSR count). The van der Waals surface area contributed by atoms with Gasteiger partial charge in [0.1, 0.15) is 6.61 Å². The fourth-order valence-electron chi connectivity index (χ4n) is 2.23. The third-order valence-corrected chi connectivity index (χ3v) is 3.34. The molecule has 1 saturated carbocycles. The molecular formula is C11H21ClN2O2. The van der Waals surface area contributed by atoms with E-state index in [1.165, 1.54) is 12.8 Å². The summed E-state index contributed by atoms with van der Waals surface area (Å²) in [6, 6.07) is 0. The van der Waals surface area contributed by atoms with Gasteiger partial charge in [0.25, 0.3) is 0 Å². The van der Waals surface area contributed by atoms with Crippen LogP contribution in [0.15, 0.2) is 0 Å². The van der Waals surface area contributed by atoms with Crippen LogP contribution in [-0.4, -0.2) is 37.2 Å². The van der Waals surface area contributed by atoms with E-state index in [9.17, 15) is 4.79 Å². The molecule has 0 unspecified atom stereocenters. The van der Waals surface area contributed by atoms with E-state index >= 15 is 0 Å². The first-order chi connectivity index (χ1) is 7.18. The van der Waals surface area contributed by atoms with Crippen LogP contribution in [0, 0.1) is 0 Å². The van der Waals surface area contributed by atoms with Crippen LogP contribution in [0.4, 0.5) is 0 Å². The van der Waals surface area contributed by atoms with Gasteiger partial charge in [0, 0.05) is 18.6 Å². The Hall–Kier alpha value is -0.320. The number of rotatable bonds is 4. The molecule has 1 amide bonds. The summed E-state index contributed by atoms with van der Waals surface area (Å²) in [7, 11) is 0. The summed E-state index contributed by atoms with van der Waals surface area (Å²) in [6.45, 7) is 4.10. The summed E-state index contributed by atoms with van der Waals surface area (Å²) >= 11 is 0. The van der Waals surface area contributed by atoms with Crippen LogP contribution in [0.2, 0.25) is 0 Å². The molecule has 16 heavy (non-hydrogen) atoms. The summed E-state index contributed by atoms with van der Waals surface area (Å²) in [5.41, 5.74) is 0.0261. The molecule has 0 atom stereocenters. The number of nitrogens with one attached hydrogen (secondary N) is 2. The SMILES string of the molecule is CC1(NC(=O)COC2CNC2)CCCC1.Cl. The smallest absolute Gasteiger partial charge is 0.246 e. The molecule has 0 radical (unpaired) electrons. The molecular weight excluding hydrogens is 228 g/mol. The van der Waals surface area contributed by atoms with Gasteiger partial charge < -0.3 is 15.4 Å². The number of hydrogen-bond donors (Lipinski definition) is 2. The zero-order valence-corrected chi connectivity index (χ0v) is 10.6. The number of amides is 1. The van der Waals surface area contributed by atoms with Gasteiger partial charge in [-0.3, -0.25) is 4.79 Å². The highest BCUT2D eigenvalue weighted by Crippen LogP contribution is 2.28. The molecule has 1 aliphatic heterocycles. The van der Waals surface area contributed by atoms with Gasteiger partial charge >= 0.3 is 0 Å². The van der Waals surface area contributed by atoms with Crippen LogP contribution in [0.5, 0.6) is 0 Å². The Morgan fingerprint density at radius 3 is 2.56 bits per heavy atom. The molecule has 0 aromatic heterocycles. The monoisotopic (exact) mass is 248 g/mol. The van der Waals surface area contributed by atoms with Gasteiger partial charge in [-0.15, -0.1) is 12.4 Å². The number of carbonyl (C=O) groups excluding carboxylic acids is 1. The Balaban J connectivity index is 0.00000128. The molecule has 4 nitrogen and oxygen atoms in total. The standard InChI is InChI=1S/C11H20N2O2.ClH/c1-11(4-2-3-5-11)13-10(14)8-15-9-6-12-7-9;/h9,12H,2-8H2,1H3,(H,13,14);1H. The lowest BCUT2D eigenvalue weighted by molar-refractivity contribution is -0.130. The molecule has 1 saturated heterocycles. The van der Waals surface area contributed by atoms with E-state index in [4.69, 9.17) is 4.74 Å². The van der Waals surface area contributed by atoms with Gasteiger partial charge in [0.2, 0.25) is 5.91 Å². The average Bonchev–Trinajstić information content (AvgIpc) is 2.49. The zero-order chi connectivity index (χ0) is 10.7. The predicted octanol–water partition coefficient (Wildman–Crippen LogP) is 0.845. The minimum atomic E-state index is 0. The van der Waals surface area contributed by atoms with Crippen molar-refractivity contribution in [3.8, 4) is 0 Å². The molecule has 0 aromatic carbocycles. The average molecular weight is 249 g/mol. The van der Waals surface area contributed by atoms with Crippen LogP contribution in [-0.2, 0) is 9.53 Å². The summed E-state index contributed by atoms with van der Waals surface area (Å²) < 4.78 is 5.42. The van der Waals surface area contributed by atoms with Crippen LogP contribution < -0.4 is 10.6 Å². The Labute approximate surface area is 103 Å². The van der Waals surface area contributed by atoms with E-state index in [0.717, 1.165) is 25.9 Å². The third-order valence-electron chi connectivity index (χ3n) is 3.34. The van der Waals surface area contributed by atoms with Crippen molar-refractivity contribution in [3.05, 3.63) is 0 Å². The summed E-state index contributed by atoms with van der Waals surface area (Å²) in [5, 5.41) is 6.18. The maximum atomic E-state index is 11.6. The van der Waals surface area contributed by atoms with E-state index in [0.29, 0.717) is 0 Å². The summed E-state index contributed by atoms with van der Waals surface area (Å²) in [5.74, 6) is 0.0336. The van der Waals surface area contributed by atoms with Crippen molar-refractivity contribution in [1.29, 1.82) is 0 Å². The maximum Gasteiger partial charge on any atom is 0.246 e. The second-order valence-corrected chi connectivity index (χ2v) is 4.91. The largest absolute Gasteiger partial charge is 0.366 e. The van der Waals surface area contributed by atoms with E-state index in [1.54, 1.807) is 0 Å². The van der Waals surface area contributed by atoms with Gasteiger partial charge in [-0.05, 0) is 19.8 Å². The molecule has 2 aliphatic rings. The lowest BCUT2D eigenvalue weighted by Gasteiger charge is -2.29. The third kappa shape index (κ3) is 3.61. The maximum absolute atomic E-state index is 11.6. The molecule has 0 bridgehead atoms. The second kappa shape index (κ2) is 5.84. The Bertz CT molecular complexity index is 238. The van der Waals surface area contributed by atoms with E-state index < -0.39 is 0 Å². The molecule has 2 N–H and O–H groups in total. The number of hydrogen-bond acceptors (Lipinski definition) is 3. The van der Waals surface area contributed by atoms with Gasteiger partial charge in [-0.2, -0.15) is 0 Å². The fraction of sp³-hybridized carbons (Fsp3) is 0.909. The van der Waals surface area contributed by atoms with Gasteiger partial charge in [0.05, 0.1) is 6.10 Å². The first-order valence-corrected chi connectivity index (χ1v) is 5.81. The molecule has 5 heteroatoms. The summed E-state index contributed by atoms with van der Waals surface area (Å²) in [4.78, 5) is 11.6. The van der Waals surface area contributed by atoms with Crippen molar-refractivity contribution in [3.63, 3.8) is 0 Å². The number of ether oxygens (including phenoxy) is 1. The zero-order valence-electron chi connectivity index (χ0n) is 9.75. The van der Waals surface area contributed by atoms with Crippen molar-refractivity contribution in [2.24, 2.45) is 0 Å². The van der Waals surface area contributed by atoms with E-state index in [-0.39, 0.29) is 36.6 Å². The normalized spacial score (nSPS) is 23.3. The van der Waals surface area contributed by atoms with Crippen LogP contribution >= 0.6 is 12.4 Å². The molecule has 0 aromatic rings. The Morgan fingerprint density at radius 1 is 1.44 bits per heavy atom. The van der Waals surface area contributed by atoms with Crippen molar-refractivity contribution in [2.45, 2.75) is 44.2 Å². The number of halogens is 1. The number of carbonyl (C=O) groups is 1. The highest BCUT2D eigenvalue weighted by atomic mass is 35.5. The molecule has 0 spiro atoms. The quantitative estimate of drug-likeness (QED) is 0.776. The lowest BCUT2D eigenvalue weighted by atomic mass is 10.0. The van der Waals surface area contributed by atoms with E-state index in [2.05, 4.69) is 17.6 Å². The van der Waals surface area contributed by atoms with Crippen LogP contribution in [0.1, 0.15) is 32.6 Å². The second-order valence-electron chi connectivity index (χ2n) is 4.91. The molecule has 1 heterocycles. The van der Waals surface area contributed by atoms with Crippen molar-refractivity contribution in [1.82, 2.24) is 10.6 Å². The van der Waals surface area contributed by atoms with Gasteiger partial charge in [-0.25, -0.2) is 0 Å².